The van der Waals surface area contributed by atoms with Gasteiger partial charge in [-0.3, -0.25) is 4.98 Å². The Balaban J connectivity index is 1.77. The van der Waals surface area contributed by atoms with E-state index >= 15 is 0 Å². The second-order valence-corrected chi connectivity index (χ2v) is 7.84. The first-order valence-corrected chi connectivity index (χ1v) is 10.1. The fourth-order valence-electron chi connectivity index (χ4n) is 4.15. The highest BCUT2D eigenvalue weighted by Crippen LogP contribution is 2.40. The number of fused-ring (bicyclic) bond motifs is 1. The second-order valence-electron chi connectivity index (χ2n) is 7.84. The maximum atomic E-state index is 14.3. The number of rotatable bonds is 3. The number of halogens is 4. The van der Waals surface area contributed by atoms with Gasteiger partial charge >= 0.3 is 0 Å². The maximum Gasteiger partial charge on any atom is 0.199 e. The van der Waals surface area contributed by atoms with Crippen LogP contribution in [0.1, 0.15) is 12.0 Å². The molecule has 3 N–H and O–H groups in total. The topological polar surface area (TPSA) is 94.6 Å². The normalized spacial score (nSPS) is 15.9. The van der Waals surface area contributed by atoms with Gasteiger partial charge in [-0.15, -0.1) is 0 Å². The van der Waals surface area contributed by atoms with Crippen LogP contribution in [0.15, 0.2) is 36.7 Å². The van der Waals surface area contributed by atoms with Crippen molar-refractivity contribution in [1.29, 1.82) is 5.26 Å². The van der Waals surface area contributed by atoms with E-state index in [9.17, 15) is 22.8 Å². The van der Waals surface area contributed by atoms with Crippen LogP contribution >= 0.6 is 0 Å². The van der Waals surface area contributed by atoms with Crippen molar-refractivity contribution in [3.8, 4) is 28.6 Å². The van der Waals surface area contributed by atoms with Crippen LogP contribution in [0.25, 0.3) is 33.5 Å². The summed E-state index contributed by atoms with van der Waals surface area (Å²) in [5.74, 6) is -6.99. The Labute approximate surface area is 185 Å². The van der Waals surface area contributed by atoms with Crippen LogP contribution in [0.2, 0.25) is 0 Å². The molecule has 166 valence electrons. The highest BCUT2D eigenvalue weighted by molar-refractivity contribution is 5.91. The Morgan fingerprint density at radius 3 is 2.55 bits per heavy atom. The molecule has 1 atom stereocenters. The van der Waals surface area contributed by atoms with E-state index in [-0.39, 0.29) is 11.9 Å². The highest BCUT2D eigenvalue weighted by Gasteiger charge is 2.28. The minimum atomic E-state index is -1.93. The number of imidazole rings is 1. The van der Waals surface area contributed by atoms with Crippen LogP contribution < -0.4 is 10.6 Å². The number of pyridine rings is 1. The SMILES string of the molecule is N#Cc1cccc(-c2cncc(-c3nc4c(F)c(F)c(F)c(F)c4[nH]3)c2N2CC[C@H](N)C2)c1. The monoisotopic (exact) mass is 452 g/mol. The van der Waals surface area contributed by atoms with Crippen LogP contribution in [0.3, 0.4) is 0 Å². The van der Waals surface area contributed by atoms with Gasteiger partial charge in [-0.2, -0.15) is 5.26 Å². The van der Waals surface area contributed by atoms with Gasteiger partial charge in [0.25, 0.3) is 0 Å². The molecule has 0 aliphatic carbocycles. The minimum Gasteiger partial charge on any atom is -0.369 e. The van der Waals surface area contributed by atoms with Gasteiger partial charge in [0.2, 0.25) is 0 Å². The Hall–Kier alpha value is -3.97. The van der Waals surface area contributed by atoms with E-state index in [2.05, 4.69) is 21.0 Å². The highest BCUT2D eigenvalue weighted by atomic mass is 19.2. The Bertz CT molecular complexity index is 1400. The van der Waals surface area contributed by atoms with E-state index in [1.54, 1.807) is 24.4 Å². The molecule has 0 bridgehead atoms. The molecule has 4 aromatic rings. The lowest BCUT2D eigenvalue weighted by Gasteiger charge is -2.24. The number of hydrogen-bond acceptors (Lipinski definition) is 5. The standard InChI is InChI=1S/C23H16F4N6/c24-16-17(25)19(27)21-20(18(16)26)31-23(32-21)15-9-30-8-14(12-3-1-2-11(6-12)7-28)22(15)33-5-4-13(29)10-33/h1-3,6,8-9,13H,4-5,10,29H2,(H,31,32)/t13-/m0/s1. The summed E-state index contributed by atoms with van der Waals surface area (Å²) < 4.78 is 56.1. The van der Waals surface area contributed by atoms with Gasteiger partial charge in [0.15, 0.2) is 23.3 Å². The van der Waals surface area contributed by atoms with Gasteiger partial charge in [-0.05, 0) is 24.1 Å². The summed E-state index contributed by atoms with van der Waals surface area (Å²) in [5, 5.41) is 9.29. The molecule has 6 nitrogen and oxygen atoms in total. The summed E-state index contributed by atoms with van der Waals surface area (Å²) in [7, 11) is 0. The molecule has 1 aliphatic heterocycles. The lowest BCUT2D eigenvalue weighted by molar-refractivity contribution is 0.417. The number of H-pyrrole nitrogens is 1. The molecule has 0 spiro atoms. The number of benzene rings is 2. The van der Waals surface area contributed by atoms with Gasteiger partial charge in [0.05, 0.1) is 22.9 Å². The maximum absolute atomic E-state index is 14.3. The molecule has 5 rings (SSSR count). The average molecular weight is 452 g/mol. The number of anilines is 1. The molecule has 10 heteroatoms. The van der Waals surface area contributed by atoms with E-state index in [1.165, 1.54) is 6.20 Å². The minimum absolute atomic E-state index is 0.00550. The zero-order valence-electron chi connectivity index (χ0n) is 17.0. The summed E-state index contributed by atoms with van der Waals surface area (Å²) in [6.07, 6.45) is 3.79. The number of nitrogens with one attached hydrogen (secondary N) is 1. The van der Waals surface area contributed by atoms with Crippen molar-refractivity contribution in [3.05, 3.63) is 65.5 Å². The number of nitrogens with zero attached hydrogens (tertiary/aromatic N) is 4. The van der Waals surface area contributed by atoms with E-state index in [0.29, 0.717) is 41.0 Å². The van der Waals surface area contributed by atoms with Crippen molar-refractivity contribution in [2.45, 2.75) is 12.5 Å². The van der Waals surface area contributed by atoms with Crippen LogP contribution in [-0.4, -0.2) is 34.1 Å². The van der Waals surface area contributed by atoms with Crippen molar-refractivity contribution in [1.82, 2.24) is 15.0 Å². The van der Waals surface area contributed by atoms with E-state index in [0.717, 1.165) is 6.42 Å². The third kappa shape index (κ3) is 3.37. The lowest BCUT2D eigenvalue weighted by atomic mass is 10.00. The average Bonchev–Trinajstić information content (AvgIpc) is 3.48. The predicted molar refractivity (Wildman–Crippen MR) is 114 cm³/mol. The second kappa shape index (κ2) is 7.86. The van der Waals surface area contributed by atoms with Gasteiger partial charge in [0.1, 0.15) is 16.9 Å². The summed E-state index contributed by atoms with van der Waals surface area (Å²) >= 11 is 0. The number of hydrogen-bond donors (Lipinski definition) is 2. The molecule has 0 radical (unpaired) electrons. The van der Waals surface area contributed by atoms with E-state index in [4.69, 9.17) is 5.73 Å². The molecular weight excluding hydrogens is 436 g/mol. The molecule has 33 heavy (non-hydrogen) atoms. The Kier molecular flexibility index (Phi) is 4.98. The Morgan fingerprint density at radius 1 is 1.06 bits per heavy atom. The van der Waals surface area contributed by atoms with Gasteiger partial charge in [0, 0.05) is 37.1 Å². The smallest absolute Gasteiger partial charge is 0.199 e. The molecule has 0 amide bonds. The number of aromatic nitrogens is 3. The third-order valence-electron chi connectivity index (χ3n) is 5.73. The summed E-state index contributed by atoms with van der Waals surface area (Å²) in [6, 6.07) is 8.92. The molecule has 3 heterocycles. The number of aromatic amines is 1. The largest absolute Gasteiger partial charge is 0.369 e. The molecule has 0 saturated carbocycles. The first kappa shape index (κ1) is 20.9. The third-order valence-corrected chi connectivity index (χ3v) is 5.73. The quantitative estimate of drug-likeness (QED) is 0.275. The summed E-state index contributed by atoms with van der Waals surface area (Å²) in [6.45, 7) is 1.11. The van der Waals surface area contributed by atoms with Crippen molar-refractivity contribution < 1.29 is 17.6 Å². The first-order chi connectivity index (χ1) is 15.9. The van der Waals surface area contributed by atoms with Crippen molar-refractivity contribution in [3.63, 3.8) is 0 Å². The molecular formula is C23H16F4N6. The van der Waals surface area contributed by atoms with Crippen LogP contribution in [0, 0.1) is 34.6 Å². The molecule has 0 unspecified atom stereocenters. The molecule has 1 fully saturated rings. The number of nitriles is 1. The van der Waals surface area contributed by atoms with Gasteiger partial charge in [-0.25, -0.2) is 22.5 Å². The van der Waals surface area contributed by atoms with Gasteiger partial charge in [-0.1, -0.05) is 12.1 Å². The van der Waals surface area contributed by atoms with E-state index in [1.807, 2.05) is 11.0 Å². The number of nitrogens with two attached hydrogens (primary N) is 1. The zero-order chi connectivity index (χ0) is 23.3. The molecule has 1 saturated heterocycles. The van der Waals surface area contributed by atoms with Crippen LogP contribution in [0.5, 0.6) is 0 Å². The Morgan fingerprint density at radius 2 is 1.82 bits per heavy atom. The van der Waals surface area contributed by atoms with Crippen LogP contribution in [-0.2, 0) is 0 Å². The fourth-order valence-corrected chi connectivity index (χ4v) is 4.15. The van der Waals surface area contributed by atoms with Crippen LogP contribution in [0.4, 0.5) is 23.2 Å². The van der Waals surface area contributed by atoms with E-state index < -0.39 is 34.3 Å². The predicted octanol–water partition coefficient (Wildman–Crippen LogP) is 4.26. The molecule has 1 aliphatic rings. The molecule has 2 aromatic carbocycles. The van der Waals surface area contributed by atoms with Crippen molar-refractivity contribution >= 4 is 16.7 Å². The fraction of sp³-hybridized carbons (Fsp3) is 0.174. The van der Waals surface area contributed by atoms with Crippen molar-refractivity contribution in [2.24, 2.45) is 5.73 Å². The van der Waals surface area contributed by atoms with Gasteiger partial charge < -0.3 is 15.6 Å². The summed E-state index contributed by atoms with van der Waals surface area (Å²) in [5.41, 5.74) is 7.68. The zero-order valence-corrected chi connectivity index (χ0v) is 17.0. The molecule has 2 aromatic heterocycles. The van der Waals surface area contributed by atoms with Crippen molar-refractivity contribution in [2.75, 3.05) is 18.0 Å². The summed E-state index contributed by atoms with van der Waals surface area (Å²) in [4.78, 5) is 12.9. The lowest BCUT2D eigenvalue weighted by Crippen LogP contribution is -2.27. The first-order valence-electron chi connectivity index (χ1n) is 10.1.